The summed E-state index contributed by atoms with van der Waals surface area (Å²) in [6, 6.07) is 6.24. The smallest absolute Gasteiger partial charge is 0.185 e. The van der Waals surface area contributed by atoms with Crippen LogP contribution in [0.4, 0.5) is 11.4 Å². The molecule has 0 saturated heterocycles. The standard InChI is InChI=1S/C16H26N2O2S/c1-13(19)21-9-7-6-8-20-16-11-14(17(2)3)10-15(12-16)18(4)5/h10-12H,6-9H2,1-5H3. The number of anilines is 2. The van der Waals surface area contributed by atoms with Crippen molar-refractivity contribution >= 4 is 28.3 Å². The van der Waals surface area contributed by atoms with Crippen LogP contribution in [0.3, 0.4) is 0 Å². The monoisotopic (exact) mass is 310 g/mol. The van der Waals surface area contributed by atoms with Crippen LogP contribution in [0.25, 0.3) is 0 Å². The number of rotatable bonds is 8. The number of unbranched alkanes of at least 4 members (excludes halogenated alkanes) is 1. The predicted octanol–water partition coefficient (Wildman–Crippen LogP) is 3.26. The topological polar surface area (TPSA) is 32.8 Å². The number of hydrogen-bond acceptors (Lipinski definition) is 5. The van der Waals surface area contributed by atoms with Crippen LogP contribution in [0.5, 0.6) is 5.75 Å². The van der Waals surface area contributed by atoms with Gasteiger partial charge in [0.2, 0.25) is 0 Å². The van der Waals surface area contributed by atoms with E-state index in [-0.39, 0.29) is 5.12 Å². The highest BCUT2D eigenvalue weighted by Crippen LogP contribution is 2.27. The Bertz CT molecular complexity index is 435. The summed E-state index contributed by atoms with van der Waals surface area (Å²) in [6.07, 6.45) is 1.96. The summed E-state index contributed by atoms with van der Waals surface area (Å²) in [5.74, 6) is 1.77. The average Bonchev–Trinajstić information content (AvgIpc) is 2.41. The van der Waals surface area contributed by atoms with Gasteiger partial charge in [-0.15, -0.1) is 0 Å². The second-order valence-electron chi connectivity index (χ2n) is 5.37. The molecule has 0 heterocycles. The Kier molecular flexibility index (Phi) is 7.43. The third-order valence-electron chi connectivity index (χ3n) is 3.02. The summed E-state index contributed by atoms with van der Waals surface area (Å²) >= 11 is 1.38. The normalized spacial score (nSPS) is 10.3. The molecule has 0 saturated carbocycles. The molecule has 0 N–H and O–H groups in total. The zero-order chi connectivity index (χ0) is 15.8. The van der Waals surface area contributed by atoms with Crippen molar-refractivity contribution in [3.05, 3.63) is 18.2 Å². The van der Waals surface area contributed by atoms with Gasteiger partial charge < -0.3 is 14.5 Å². The van der Waals surface area contributed by atoms with E-state index in [9.17, 15) is 4.79 Å². The van der Waals surface area contributed by atoms with E-state index in [1.54, 1.807) is 6.92 Å². The number of hydrogen-bond donors (Lipinski definition) is 0. The predicted molar refractivity (Wildman–Crippen MR) is 93.0 cm³/mol. The SMILES string of the molecule is CC(=O)SCCCCOc1cc(N(C)C)cc(N(C)C)c1. The second kappa shape index (κ2) is 8.82. The number of ether oxygens (including phenoxy) is 1. The average molecular weight is 310 g/mol. The third-order valence-corrected chi connectivity index (χ3v) is 3.92. The van der Waals surface area contributed by atoms with Crippen LogP contribution in [0.2, 0.25) is 0 Å². The van der Waals surface area contributed by atoms with Gasteiger partial charge in [0, 0.05) is 64.4 Å². The Hall–Kier alpha value is -1.36. The zero-order valence-electron chi connectivity index (χ0n) is 13.7. The van der Waals surface area contributed by atoms with Gasteiger partial charge >= 0.3 is 0 Å². The molecule has 0 aliphatic carbocycles. The van der Waals surface area contributed by atoms with Crippen LogP contribution >= 0.6 is 11.8 Å². The molecule has 0 aromatic heterocycles. The number of benzene rings is 1. The van der Waals surface area contributed by atoms with Crippen LogP contribution in [0.1, 0.15) is 19.8 Å². The molecule has 0 amide bonds. The van der Waals surface area contributed by atoms with Crippen LogP contribution in [-0.2, 0) is 4.79 Å². The van der Waals surface area contributed by atoms with Crippen LogP contribution in [-0.4, -0.2) is 45.7 Å². The van der Waals surface area contributed by atoms with Crippen LogP contribution < -0.4 is 14.5 Å². The van der Waals surface area contributed by atoms with E-state index in [1.165, 1.54) is 11.8 Å². The van der Waals surface area contributed by atoms with E-state index in [4.69, 9.17) is 4.74 Å². The van der Waals surface area contributed by atoms with Crippen molar-refractivity contribution in [2.45, 2.75) is 19.8 Å². The van der Waals surface area contributed by atoms with Gasteiger partial charge in [-0.05, 0) is 18.9 Å². The van der Waals surface area contributed by atoms with Crippen molar-refractivity contribution in [3.8, 4) is 5.75 Å². The number of thioether (sulfide) groups is 1. The Balaban J connectivity index is 2.52. The summed E-state index contributed by atoms with van der Waals surface area (Å²) in [7, 11) is 8.10. The maximum absolute atomic E-state index is 10.8. The first-order valence-electron chi connectivity index (χ1n) is 7.16. The minimum Gasteiger partial charge on any atom is -0.493 e. The van der Waals surface area contributed by atoms with Gasteiger partial charge in [0.05, 0.1) is 6.61 Å². The highest BCUT2D eigenvalue weighted by Gasteiger charge is 2.05. The summed E-state index contributed by atoms with van der Waals surface area (Å²) in [4.78, 5) is 15.0. The van der Waals surface area contributed by atoms with Gasteiger partial charge in [0.15, 0.2) is 5.12 Å². The van der Waals surface area contributed by atoms with E-state index in [2.05, 4.69) is 28.0 Å². The maximum atomic E-state index is 10.8. The van der Waals surface area contributed by atoms with E-state index in [0.29, 0.717) is 6.61 Å². The fraction of sp³-hybridized carbons (Fsp3) is 0.562. The lowest BCUT2D eigenvalue weighted by atomic mass is 10.2. The summed E-state index contributed by atoms with van der Waals surface area (Å²) < 4.78 is 5.85. The fourth-order valence-corrected chi connectivity index (χ4v) is 2.41. The molecular formula is C16H26N2O2S. The van der Waals surface area contributed by atoms with E-state index in [0.717, 1.165) is 35.7 Å². The molecule has 1 aromatic carbocycles. The Morgan fingerprint density at radius 2 is 1.62 bits per heavy atom. The largest absolute Gasteiger partial charge is 0.493 e. The lowest BCUT2D eigenvalue weighted by molar-refractivity contribution is -0.109. The molecule has 0 spiro atoms. The fourth-order valence-electron chi connectivity index (χ4n) is 1.78. The van der Waals surface area contributed by atoms with E-state index in [1.807, 2.05) is 28.2 Å². The van der Waals surface area contributed by atoms with Gasteiger partial charge in [0.25, 0.3) is 0 Å². The summed E-state index contributed by atoms with van der Waals surface area (Å²) in [5, 5.41) is 0.185. The van der Waals surface area contributed by atoms with Crippen molar-refractivity contribution in [2.75, 3.05) is 50.4 Å². The molecule has 5 heteroatoms. The molecule has 0 fully saturated rings. The molecule has 0 radical (unpaired) electrons. The van der Waals surface area contributed by atoms with Crippen molar-refractivity contribution in [1.29, 1.82) is 0 Å². The lowest BCUT2D eigenvalue weighted by Crippen LogP contribution is -2.13. The molecule has 4 nitrogen and oxygen atoms in total. The van der Waals surface area contributed by atoms with Gasteiger partial charge in [-0.1, -0.05) is 11.8 Å². The van der Waals surface area contributed by atoms with Crippen LogP contribution in [0, 0.1) is 0 Å². The maximum Gasteiger partial charge on any atom is 0.185 e. The van der Waals surface area contributed by atoms with Gasteiger partial charge in [-0.2, -0.15) is 0 Å². The van der Waals surface area contributed by atoms with Gasteiger partial charge in [-0.25, -0.2) is 0 Å². The Morgan fingerprint density at radius 1 is 1.05 bits per heavy atom. The molecular weight excluding hydrogens is 284 g/mol. The lowest BCUT2D eigenvalue weighted by Gasteiger charge is -2.20. The molecule has 1 aromatic rings. The minimum atomic E-state index is 0.185. The van der Waals surface area contributed by atoms with Crippen molar-refractivity contribution in [1.82, 2.24) is 0 Å². The number of carbonyl (C=O) groups is 1. The second-order valence-corrected chi connectivity index (χ2v) is 6.64. The molecule has 0 unspecified atom stereocenters. The first-order valence-corrected chi connectivity index (χ1v) is 8.14. The highest BCUT2D eigenvalue weighted by atomic mass is 32.2. The summed E-state index contributed by atoms with van der Waals surface area (Å²) in [6.45, 7) is 2.29. The molecule has 118 valence electrons. The number of nitrogens with zero attached hydrogens (tertiary/aromatic N) is 2. The molecule has 0 aliphatic heterocycles. The molecule has 0 aliphatic rings. The highest BCUT2D eigenvalue weighted by molar-refractivity contribution is 8.13. The third kappa shape index (κ3) is 6.76. The first-order chi connectivity index (χ1) is 9.90. The van der Waals surface area contributed by atoms with Gasteiger partial charge in [-0.3, -0.25) is 4.79 Å². The van der Waals surface area contributed by atoms with Gasteiger partial charge in [0.1, 0.15) is 5.75 Å². The van der Waals surface area contributed by atoms with E-state index < -0.39 is 0 Å². The molecule has 21 heavy (non-hydrogen) atoms. The molecule has 1 rings (SSSR count). The quantitative estimate of drug-likeness (QED) is 0.688. The Labute approximate surface area is 132 Å². The van der Waals surface area contributed by atoms with Crippen molar-refractivity contribution in [2.24, 2.45) is 0 Å². The van der Waals surface area contributed by atoms with E-state index >= 15 is 0 Å². The molecule has 0 atom stereocenters. The van der Waals surface area contributed by atoms with Crippen molar-refractivity contribution in [3.63, 3.8) is 0 Å². The Morgan fingerprint density at radius 3 is 2.10 bits per heavy atom. The first kappa shape index (κ1) is 17.7. The van der Waals surface area contributed by atoms with Crippen LogP contribution in [0.15, 0.2) is 18.2 Å². The molecule has 0 bridgehead atoms. The van der Waals surface area contributed by atoms with Crippen molar-refractivity contribution < 1.29 is 9.53 Å². The minimum absolute atomic E-state index is 0.185. The summed E-state index contributed by atoms with van der Waals surface area (Å²) in [5.41, 5.74) is 2.26. The zero-order valence-corrected chi connectivity index (χ0v) is 14.5. The number of carbonyl (C=O) groups excluding carboxylic acids is 1.